The molecule has 154 valence electrons. The molecule has 0 unspecified atom stereocenters. The minimum Gasteiger partial charge on any atom is -0.496 e. The summed E-state index contributed by atoms with van der Waals surface area (Å²) >= 11 is 1.44. The van der Waals surface area contributed by atoms with Crippen molar-refractivity contribution < 1.29 is 19.0 Å². The SMILES string of the molecule is CCn1c(=NC(=O)c2cc3ccccc3cc2OC)sc2cc(OC)c(OC)cc21. The second-order valence-corrected chi connectivity index (χ2v) is 7.63. The van der Waals surface area contributed by atoms with E-state index in [1.807, 2.05) is 60.0 Å². The average Bonchev–Trinajstić information content (AvgIpc) is 3.12. The number of hydrogen-bond donors (Lipinski definition) is 0. The van der Waals surface area contributed by atoms with E-state index in [0.717, 1.165) is 21.0 Å². The number of methoxy groups -OCH3 is 3. The molecule has 3 aromatic carbocycles. The molecule has 6 nitrogen and oxygen atoms in total. The number of carbonyl (C=O) groups excluding carboxylic acids is 1. The van der Waals surface area contributed by atoms with E-state index in [9.17, 15) is 4.79 Å². The summed E-state index contributed by atoms with van der Waals surface area (Å²) in [6.45, 7) is 2.68. The Morgan fingerprint density at radius 2 is 1.57 bits per heavy atom. The van der Waals surface area contributed by atoms with E-state index in [0.29, 0.717) is 34.2 Å². The van der Waals surface area contributed by atoms with Gasteiger partial charge in [0.05, 0.1) is 37.1 Å². The Balaban J connectivity index is 1.89. The fourth-order valence-corrected chi connectivity index (χ4v) is 4.59. The largest absolute Gasteiger partial charge is 0.496 e. The molecule has 4 aromatic rings. The number of hydrogen-bond acceptors (Lipinski definition) is 5. The number of thiazole rings is 1. The normalized spacial score (nSPS) is 11.8. The highest BCUT2D eigenvalue weighted by Gasteiger charge is 2.16. The summed E-state index contributed by atoms with van der Waals surface area (Å²) in [6, 6.07) is 15.4. The van der Waals surface area contributed by atoms with E-state index < -0.39 is 0 Å². The zero-order chi connectivity index (χ0) is 21.3. The van der Waals surface area contributed by atoms with Gasteiger partial charge in [0.15, 0.2) is 16.3 Å². The Kier molecular flexibility index (Phi) is 5.46. The van der Waals surface area contributed by atoms with Crippen LogP contribution in [0.1, 0.15) is 17.3 Å². The minimum atomic E-state index is -0.342. The molecule has 0 aliphatic heterocycles. The van der Waals surface area contributed by atoms with E-state index in [1.54, 1.807) is 21.3 Å². The molecule has 7 heteroatoms. The molecule has 0 aliphatic carbocycles. The first-order valence-corrected chi connectivity index (χ1v) is 10.3. The Morgan fingerprint density at radius 1 is 0.933 bits per heavy atom. The van der Waals surface area contributed by atoms with Crippen LogP contribution in [0.25, 0.3) is 21.0 Å². The molecule has 0 spiro atoms. The molecular formula is C23H22N2O4S. The fourth-order valence-electron chi connectivity index (χ4n) is 3.49. The second kappa shape index (κ2) is 8.20. The van der Waals surface area contributed by atoms with Gasteiger partial charge in [0.2, 0.25) is 0 Å². The molecule has 0 aliphatic rings. The van der Waals surface area contributed by atoms with Gasteiger partial charge in [-0.25, -0.2) is 0 Å². The Bertz CT molecular complexity index is 1320. The van der Waals surface area contributed by atoms with Gasteiger partial charge in [-0.05, 0) is 29.8 Å². The molecule has 0 fully saturated rings. The molecule has 30 heavy (non-hydrogen) atoms. The van der Waals surface area contributed by atoms with E-state index in [1.165, 1.54) is 11.3 Å². The van der Waals surface area contributed by atoms with Gasteiger partial charge >= 0.3 is 0 Å². The third kappa shape index (κ3) is 3.41. The van der Waals surface area contributed by atoms with Crippen molar-refractivity contribution in [2.75, 3.05) is 21.3 Å². The van der Waals surface area contributed by atoms with Crippen molar-refractivity contribution >= 4 is 38.2 Å². The maximum absolute atomic E-state index is 13.1. The number of ether oxygens (including phenoxy) is 3. The molecule has 4 rings (SSSR count). The lowest BCUT2D eigenvalue weighted by Gasteiger charge is -2.08. The van der Waals surface area contributed by atoms with Gasteiger partial charge in [0, 0.05) is 18.7 Å². The number of amides is 1. The van der Waals surface area contributed by atoms with E-state index in [4.69, 9.17) is 14.2 Å². The predicted molar refractivity (Wildman–Crippen MR) is 119 cm³/mol. The topological polar surface area (TPSA) is 62.1 Å². The van der Waals surface area contributed by atoms with Gasteiger partial charge in [-0.2, -0.15) is 4.99 Å². The maximum Gasteiger partial charge on any atom is 0.283 e. The quantitative estimate of drug-likeness (QED) is 0.470. The Hall–Kier alpha value is -3.32. The molecule has 0 atom stereocenters. The van der Waals surface area contributed by atoms with Crippen LogP contribution >= 0.6 is 11.3 Å². The molecule has 0 bridgehead atoms. The second-order valence-electron chi connectivity index (χ2n) is 6.62. The molecule has 0 saturated heterocycles. The number of aromatic nitrogens is 1. The highest BCUT2D eigenvalue weighted by molar-refractivity contribution is 7.16. The summed E-state index contributed by atoms with van der Waals surface area (Å²) in [5.74, 6) is 1.45. The van der Waals surface area contributed by atoms with Gasteiger partial charge in [-0.15, -0.1) is 0 Å². The number of carbonyl (C=O) groups is 1. The molecule has 0 radical (unpaired) electrons. The average molecular weight is 423 g/mol. The first-order chi connectivity index (χ1) is 14.6. The van der Waals surface area contributed by atoms with Crippen molar-refractivity contribution in [1.82, 2.24) is 4.57 Å². The number of benzene rings is 3. The smallest absolute Gasteiger partial charge is 0.283 e. The number of nitrogens with zero attached hydrogens (tertiary/aromatic N) is 2. The summed E-state index contributed by atoms with van der Waals surface area (Å²) in [7, 11) is 4.77. The minimum absolute atomic E-state index is 0.342. The van der Waals surface area contributed by atoms with Crippen LogP contribution in [0.5, 0.6) is 17.2 Å². The van der Waals surface area contributed by atoms with Crippen molar-refractivity contribution in [2.24, 2.45) is 4.99 Å². The van der Waals surface area contributed by atoms with Gasteiger partial charge in [-0.1, -0.05) is 35.6 Å². The lowest BCUT2D eigenvalue weighted by atomic mass is 10.1. The van der Waals surface area contributed by atoms with Gasteiger partial charge in [-0.3, -0.25) is 4.79 Å². The summed E-state index contributed by atoms with van der Waals surface area (Å²) in [5, 5.41) is 1.97. The highest BCUT2D eigenvalue weighted by Crippen LogP contribution is 2.33. The van der Waals surface area contributed by atoms with Crippen LogP contribution in [0.2, 0.25) is 0 Å². The summed E-state index contributed by atoms with van der Waals surface area (Å²) in [6.07, 6.45) is 0. The third-order valence-electron chi connectivity index (χ3n) is 5.00. The molecule has 0 saturated carbocycles. The van der Waals surface area contributed by atoms with E-state index >= 15 is 0 Å². The van der Waals surface area contributed by atoms with Crippen molar-refractivity contribution in [3.8, 4) is 17.2 Å². The molecule has 1 heterocycles. The van der Waals surface area contributed by atoms with E-state index in [2.05, 4.69) is 4.99 Å². The number of fused-ring (bicyclic) bond motifs is 2. The van der Waals surface area contributed by atoms with Crippen LogP contribution < -0.4 is 19.0 Å². The first kappa shape index (κ1) is 20.0. The standard InChI is InChI=1S/C23H22N2O4S/c1-5-25-17-12-19(28-3)20(29-4)13-21(17)30-23(25)24-22(26)16-10-14-8-6-7-9-15(14)11-18(16)27-2/h6-13H,5H2,1-4H3. The van der Waals surface area contributed by atoms with Crippen LogP contribution in [0.4, 0.5) is 0 Å². The van der Waals surface area contributed by atoms with Crippen LogP contribution in [0.3, 0.4) is 0 Å². The van der Waals surface area contributed by atoms with Crippen LogP contribution in [-0.4, -0.2) is 31.8 Å². The van der Waals surface area contributed by atoms with E-state index in [-0.39, 0.29) is 5.91 Å². The number of rotatable bonds is 5. The third-order valence-corrected chi connectivity index (χ3v) is 6.04. The first-order valence-electron chi connectivity index (χ1n) is 9.50. The zero-order valence-electron chi connectivity index (χ0n) is 17.3. The highest BCUT2D eigenvalue weighted by atomic mass is 32.1. The van der Waals surface area contributed by atoms with Crippen LogP contribution in [0, 0.1) is 0 Å². The molecular weight excluding hydrogens is 400 g/mol. The van der Waals surface area contributed by atoms with Crippen LogP contribution in [0.15, 0.2) is 53.5 Å². The van der Waals surface area contributed by atoms with Gasteiger partial charge in [0.1, 0.15) is 5.75 Å². The monoisotopic (exact) mass is 422 g/mol. The van der Waals surface area contributed by atoms with Crippen molar-refractivity contribution in [2.45, 2.75) is 13.5 Å². The van der Waals surface area contributed by atoms with Crippen molar-refractivity contribution in [3.63, 3.8) is 0 Å². The Morgan fingerprint density at radius 3 is 2.20 bits per heavy atom. The van der Waals surface area contributed by atoms with Crippen molar-refractivity contribution in [3.05, 3.63) is 58.9 Å². The number of aryl methyl sites for hydroxylation is 1. The predicted octanol–water partition coefficient (Wildman–Crippen LogP) is 4.64. The molecule has 1 amide bonds. The maximum atomic E-state index is 13.1. The zero-order valence-corrected chi connectivity index (χ0v) is 18.1. The molecule has 1 aromatic heterocycles. The summed E-state index contributed by atoms with van der Waals surface area (Å²) < 4.78 is 19.3. The summed E-state index contributed by atoms with van der Waals surface area (Å²) in [5.41, 5.74) is 1.38. The van der Waals surface area contributed by atoms with Crippen molar-refractivity contribution in [1.29, 1.82) is 0 Å². The molecule has 0 N–H and O–H groups in total. The summed E-state index contributed by atoms with van der Waals surface area (Å²) in [4.78, 5) is 18.2. The fraction of sp³-hybridized carbons (Fsp3) is 0.217. The van der Waals surface area contributed by atoms with Gasteiger partial charge in [0.25, 0.3) is 5.91 Å². The lowest BCUT2D eigenvalue weighted by Crippen LogP contribution is -2.16. The Labute approximate surface area is 178 Å². The lowest BCUT2D eigenvalue weighted by molar-refractivity contribution is 0.0995. The van der Waals surface area contributed by atoms with Crippen LogP contribution in [-0.2, 0) is 6.54 Å². The van der Waals surface area contributed by atoms with Gasteiger partial charge < -0.3 is 18.8 Å².